The molecule has 0 spiro atoms. The van der Waals surface area contributed by atoms with E-state index in [2.05, 4.69) is 10.3 Å². The summed E-state index contributed by atoms with van der Waals surface area (Å²) >= 11 is 7.28. The van der Waals surface area contributed by atoms with E-state index in [1.165, 1.54) is 11.3 Å². The number of halogens is 1. The van der Waals surface area contributed by atoms with Gasteiger partial charge in [0.15, 0.2) is 5.13 Å². The smallest absolute Gasteiger partial charge is 0.306 e. The summed E-state index contributed by atoms with van der Waals surface area (Å²) in [6.07, 6.45) is 0.755. The van der Waals surface area contributed by atoms with Crippen LogP contribution in [0.25, 0.3) is 10.2 Å². The van der Waals surface area contributed by atoms with Crippen molar-refractivity contribution in [2.75, 3.05) is 11.9 Å². The number of esters is 1. The van der Waals surface area contributed by atoms with E-state index in [0.29, 0.717) is 23.2 Å². The topological polar surface area (TPSA) is 68.3 Å². The fraction of sp³-hybridized carbons (Fsp3) is 0.211. The number of thiazole rings is 1. The van der Waals surface area contributed by atoms with Crippen molar-refractivity contribution in [1.29, 1.82) is 0 Å². The molecule has 0 aliphatic heterocycles. The van der Waals surface area contributed by atoms with Gasteiger partial charge in [-0.15, -0.1) is 0 Å². The minimum absolute atomic E-state index is 0.0390. The molecular weight excluding hydrogens is 372 g/mol. The van der Waals surface area contributed by atoms with Crippen LogP contribution < -0.4 is 5.32 Å². The van der Waals surface area contributed by atoms with Crippen LogP contribution in [0.2, 0.25) is 5.02 Å². The number of ether oxygens (including phenoxy) is 1. The van der Waals surface area contributed by atoms with Gasteiger partial charge in [-0.25, -0.2) is 4.98 Å². The maximum atomic E-state index is 12.0. The first-order valence-electron chi connectivity index (χ1n) is 8.15. The van der Waals surface area contributed by atoms with Crippen molar-refractivity contribution in [2.45, 2.75) is 19.3 Å². The predicted molar refractivity (Wildman–Crippen MR) is 104 cm³/mol. The van der Waals surface area contributed by atoms with Crippen LogP contribution in [0.5, 0.6) is 0 Å². The maximum Gasteiger partial charge on any atom is 0.306 e. The van der Waals surface area contributed by atoms with Crippen molar-refractivity contribution in [3.8, 4) is 0 Å². The lowest BCUT2D eigenvalue weighted by Crippen LogP contribution is -2.15. The molecule has 1 N–H and O–H groups in total. The highest BCUT2D eigenvalue weighted by molar-refractivity contribution is 7.22. The average molecular weight is 389 g/mol. The molecule has 0 aliphatic rings. The standard InChI is InChI=1S/C19H17ClN2O3S/c20-14-6-7-15-16(12-14)26-19(21-15)22-17(23)8-9-18(24)25-11-10-13-4-2-1-3-5-13/h1-7,12H,8-11H2,(H,21,22,23). The highest BCUT2D eigenvalue weighted by atomic mass is 35.5. The third-order valence-electron chi connectivity index (χ3n) is 3.65. The maximum absolute atomic E-state index is 12.0. The number of hydrogen-bond donors (Lipinski definition) is 1. The Hall–Kier alpha value is -2.44. The molecule has 0 radical (unpaired) electrons. The van der Waals surface area contributed by atoms with Gasteiger partial charge in [-0.05, 0) is 23.8 Å². The number of aromatic nitrogens is 1. The zero-order chi connectivity index (χ0) is 18.4. The Bertz CT molecular complexity index is 912. The van der Waals surface area contributed by atoms with E-state index < -0.39 is 0 Å². The van der Waals surface area contributed by atoms with Crippen molar-refractivity contribution in [3.05, 3.63) is 59.1 Å². The van der Waals surface area contributed by atoms with Crippen LogP contribution in [0.1, 0.15) is 18.4 Å². The third kappa shape index (κ3) is 5.28. The van der Waals surface area contributed by atoms with Gasteiger partial charge in [-0.2, -0.15) is 0 Å². The first kappa shape index (κ1) is 18.4. The normalized spacial score (nSPS) is 10.7. The second-order valence-corrected chi connectivity index (χ2v) is 7.10. The summed E-state index contributed by atoms with van der Waals surface area (Å²) in [7, 11) is 0. The van der Waals surface area contributed by atoms with Gasteiger partial charge in [-0.3, -0.25) is 9.59 Å². The SMILES string of the molecule is O=C(CCC(=O)OCCc1ccccc1)Nc1nc2ccc(Cl)cc2s1. The summed E-state index contributed by atoms with van der Waals surface area (Å²) in [4.78, 5) is 28.0. The average Bonchev–Trinajstić information content (AvgIpc) is 3.02. The second-order valence-electron chi connectivity index (χ2n) is 5.64. The molecule has 26 heavy (non-hydrogen) atoms. The summed E-state index contributed by atoms with van der Waals surface area (Å²) in [5.41, 5.74) is 1.88. The molecule has 0 saturated heterocycles. The van der Waals surface area contributed by atoms with Crippen molar-refractivity contribution < 1.29 is 14.3 Å². The molecule has 134 valence electrons. The van der Waals surface area contributed by atoms with Crippen LogP contribution in [0.4, 0.5) is 5.13 Å². The Morgan fingerprint density at radius 1 is 1.12 bits per heavy atom. The van der Waals surface area contributed by atoms with Gasteiger partial charge in [-0.1, -0.05) is 53.3 Å². The van der Waals surface area contributed by atoms with Gasteiger partial charge < -0.3 is 10.1 Å². The number of carbonyl (C=O) groups is 2. The van der Waals surface area contributed by atoms with E-state index in [0.717, 1.165) is 15.8 Å². The number of rotatable bonds is 7. The molecule has 5 nitrogen and oxygen atoms in total. The molecule has 0 bridgehead atoms. The highest BCUT2D eigenvalue weighted by Gasteiger charge is 2.11. The van der Waals surface area contributed by atoms with E-state index in [-0.39, 0.29) is 24.7 Å². The van der Waals surface area contributed by atoms with E-state index in [1.807, 2.05) is 30.3 Å². The second kappa shape index (κ2) is 8.78. The van der Waals surface area contributed by atoms with Gasteiger partial charge >= 0.3 is 5.97 Å². The molecule has 2 aromatic carbocycles. The number of nitrogens with zero attached hydrogens (tertiary/aromatic N) is 1. The van der Waals surface area contributed by atoms with Crippen molar-refractivity contribution in [3.63, 3.8) is 0 Å². The molecule has 0 atom stereocenters. The lowest BCUT2D eigenvalue weighted by Gasteiger charge is -2.05. The molecule has 3 rings (SSSR count). The lowest BCUT2D eigenvalue weighted by molar-refractivity contribution is -0.144. The summed E-state index contributed by atoms with van der Waals surface area (Å²) < 4.78 is 6.06. The predicted octanol–water partition coefficient (Wildman–Crippen LogP) is 4.45. The summed E-state index contributed by atoms with van der Waals surface area (Å²) in [6, 6.07) is 15.1. The van der Waals surface area contributed by atoms with Crippen LogP contribution in [0.15, 0.2) is 48.5 Å². The number of amides is 1. The molecular formula is C19H17ClN2O3S. The Kier molecular flexibility index (Phi) is 6.20. The van der Waals surface area contributed by atoms with Crippen molar-refractivity contribution in [2.24, 2.45) is 0 Å². The first-order valence-corrected chi connectivity index (χ1v) is 9.35. The largest absolute Gasteiger partial charge is 0.465 e. The van der Waals surface area contributed by atoms with E-state index in [1.54, 1.807) is 18.2 Å². The fourth-order valence-corrected chi connectivity index (χ4v) is 3.51. The zero-order valence-electron chi connectivity index (χ0n) is 13.9. The Morgan fingerprint density at radius 2 is 1.92 bits per heavy atom. The number of carbonyl (C=O) groups excluding carboxylic acids is 2. The third-order valence-corrected chi connectivity index (χ3v) is 4.82. The summed E-state index contributed by atoms with van der Waals surface area (Å²) in [5, 5.41) is 3.82. The quantitative estimate of drug-likeness (QED) is 0.607. The van der Waals surface area contributed by atoms with E-state index in [4.69, 9.17) is 16.3 Å². The molecule has 1 aromatic heterocycles. The Labute approximate surface area is 160 Å². The molecule has 1 heterocycles. The molecule has 0 fully saturated rings. The number of fused-ring (bicyclic) bond motifs is 1. The number of benzene rings is 2. The molecule has 3 aromatic rings. The van der Waals surface area contributed by atoms with Crippen LogP contribution >= 0.6 is 22.9 Å². The zero-order valence-corrected chi connectivity index (χ0v) is 15.5. The van der Waals surface area contributed by atoms with Crippen LogP contribution in [-0.2, 0) is 20.7 Å². The van der Waals surface area contributed by atoms with Gasteiger partial charge in [0.05, 0.1) is 23.2 Å². The van der Waals surface area contributed by atoms with Crippen LogP contribution in [0.3, 0.4) is 0 Å². The minimum atomic E-state index is -0.382. The Morgan fingerprint density at radius 3 is 2.73 bits per heavy atom. The molecule has 7 heteroatoms. The van der Waals surface area contributed by atoms with Gasteiger partial charge in [0.25, 0.3) is 0 Å². The van der Waals surface area contributed by atoms with Crippen LogP contribution in [0, 0.1) is 0 Å². The molecule has 0 unspecified atom stereocenters. The molecule has 0 aliphatic carbocycles. The Balaban J connectivity index is 1.40. The first-order chi connectivity index (χ1) is 12.6. The van der Waals surface area contributed by atoms with Crippen molar-refractivity contribution in [1.82, 2.24) is 4.98 Å². The molecule has 0 saturated carbocycles. The summed E-state index contributed by atoms with van der Waals surface area (Å²) in [6.45, 7) is 0.309. The fourth-order valence-electron chi connectivity index (χ4n) is 2.35. The van der Waals surface area contributed by atoms with E-state index in [9.17, 15) is 9.59 Å². The van der Waals surface area contributed by atoms with Gasteiger partial charge in [0.1, 0.15) is 0 Å². The van der Waals surface area contributed by atoms with Crippen molar-refractivity contribution >= 4 is 50.2 Å². The van der Waals surface area contributed by atoms with Crippen LogP contribution in [-0.4, -0.2) is 23.5 Å². The summed E-state index contributed by atoms with van der Waals surface area (Å²) in [5.74, 6) is -0.651. The van der Waals surface area contributed by atoms with Gasteiger partial charge in [0, 0.05) is 17.9 Å². The monoisotopic (exact) mass is 388 g/mol. The lowest BCUT2D eigenvalue weighted by atomic mass is 10.2. The minimum Gasteiger partial charge on any atom is -0.465 e. The number of nitrogens with one attached hydrogen (secondary N) is 1. The molecule has 1 amide bonds. The van der Waals surface area contributed by atoms with E-state index >= 15 is 0 Å². The van der Waals surface area contributed by atoms with Gasteiger partial charge in [0.2, 0.25) is 5.91 Å². The number of anilines is 1. The highest BCUT2D eigenvalue weighted by Crippen LogP contribution is 2.28. The number of hydrogen-bond acceptors (Lipinski definition) is 5.